The van der Waals surface area contributed by atoms with Crippen molar-refractivity contribution in [2.24, 2.45) is 0 Å². The van der Waals surface area contributed by atoms with E-state index < -0.39 is 36.6 Å². The summed E-state index contributed by atoms with van der Waals surface area (Å²) in [6, 6.07) is 6.97. The first-order valence-electron chi connectivity index (χ1n) is 12.9. The number of allylic oxidation sites excluding steroid dienone is 1. The molecule has 1 aromatic heterocycles. The van der Waals surface area contributed by atoms with E-state index in [9.17, 15) is 26.7 Å². The molecule has 1 N–H and O–H groups in total. The van der Waals surface area contributed by atoms with Crippen LogP contribution in [0.2, 0.25) is 0 Å². The van der Waals surface area contributed by atoms with Crippen molar-refractivity contribution in [1.82, 2.24) is 14.9 Å². The number of fused-ring (bicyclic) bond motifs is 2. The SMILES string of the molecule is Cc1cc(Nc2ncnc3cc(OCC(F)(F)F)c(CC(=O)/C(F)=C\CN4C[C@@H]5OCCO[C@H]5C4)cc23)ccc1F. The molecule has 0 saturated carbocycles. The summed E-state index contributed by atoms with van der Waals surface area (Å²) in [6.07, 6.45) is -3.07. The van der Waals surface area contributed by atoms with Crippen molar-refractivity contribution in [3.8, 4) is 5.75 Å². The van der Waals surface area contributed by atoms with Gasteiger partial charge in [0, 0.05) is 48.8 Å². The van der Waals surface area contributed by atoms with Gasteiger partial charge in [0.25, 0.3) is 0 Å². The molecule has 2 aliphatic heterocycles. The van der Waals surface area contributed by atoms with Crippen LogP contribution in [0.5, 0.6) is 5.75 Å². The first kappa shape index (κ1) is 28.8. The molecule has 0 aliphatic carbocycles. The van der Waals surface area contributed by atoms with Crippen LogP contribution in [0.25, 0.3) is 10.9 Å². The zero-order valence-electron chi connectivity index (χ0n) is 22.0. The van der Waals surface area contributed by atoms with Gasteiger partial charge >= 0.3 is 6.18 Å². The van der Waals surface area contributed by atoms with Gasteiger partial charge in [0.05, 0.1) is 30.9 Å². The maximum absolute atomic E-state index is 14.9. The summed E-state index contributed by atoms with van der Waals surface area (Å²) in [5, 5.41) is 3.38. The van der Waals surface area contributed by atoms with Gasteiger partial charge in [-0.05, 0) is 42.8 Å². The summed E-state index contributed by atoms with van der Waals surface area (Å²) in [5.74, 6) is -2.33. The van der Waals surface area contributed by atoms with Crippen LogP contribution in [0.4, 0.5) is 33.5 Å². The van der Waals surface area contributed by atoms with E-state index in [1.807, 2.05) is 4.90 Å². The largest absolute Gasteiger partial charge is 0.484 e. The van der Waals surface area contributed by atoms with Crippen LogP contribution in [0, 0.1) is 12.7 Å². The van der Waals surface area contributed by atoms with Crippen molar-refractivity contribution < 1.29 is 41.0 Å². The quantitative estimate of drug-likeness (QED) is 0.286. The van der Waals surface area contributed by atoms with Crippen LogP contribution >= 0.6 is 0 Å². The average Bonchev–Trinajstić information content (AvgIpc) is 3.35. The molecular formula is C28H27F5N4O4. The lowest BCUT2D eigenvalue weighted by Gasteiger charge is -2.24. The number of aromatic nitrogens is 2. The number of rotatable bonds is 9. The fourth-order valence-electron chi connectivity index (χ4n) is 4.79. The smallest absolute Gasteiger partial charge is 0.422 e. The van der Waals surface area contributed by atoms with Gasteiger partial charge in [0.2, 0.25) is 0 Å². The molecule has 0 radical (unpaired) electrons. The van der Waals surface area contributed by atoms with E-state index in [0.717, 1.165) is 6.08 Å². The number of carbonyl (C=O) groups is 1. The molecule has 41 heavy (non-hydrogen) atoms. The molecule has 3 aromatic rings. The van der Waals surface area contributed by atoms with E-state index in [1.54, 1.807) is 13.0 Å². The number of benzene rings is 2. The number of aryl methyl sites for hydroxylation is 1. The number of carbonyl (C=O) groups excluding carboxylic acids is 1. The third-order valence-corrected chi connectivity index (χ3v) is 6.81. The highest BCUT2D eigenvalue weighted by atomic mass is 19.4. The van der Waals surface area contributed by atoms with Gasteiger partial charge < -0.3 is 19.5 Å². The van der Waals surface area contributed by atoms with E-state index >= 15 is 0 Å². The molecule has 13 heteroatoms. The highest BCUT2D eigenvalue weighted by molar-refractivity contribution is 5.97. The second-order valence-corrected chi connectivity index (χ2v) is 9.88. The molecule has 0 unspecified atom stereocenters. The van der Waals surface area contributed by atoms with Crippen LogP contribution < -0.4 is 10.1 Å². The molecule has 3 heterocycles. The number of ketones is 1. The normalized spacial score (nSPS) is 19.8. The van der Waals surface area contributed by atoms with Crippen molar-refractivity contribution in [3.05, 3.63) is 65.5 Å². The second kappa shape index (κ2) is 12.0. The summed E-state index contributed by atoms with van der Waals surface area (Å²) in [6.45, 7) is 2.18. The fourth-order valence-corrected chi connectivity index (χ4v) is 4.79. The molecular weight excluding hydrogens is 551 g/mol. The third kappa shape index (κ3) is 7.16. The van der Waals surface area contributed by atoms with Gasteiger partial charge in [-0.3, -0.25) is 9.69 Å². The van der Waals surface area contributed by atoms with Gasteiger partial charge in [-0.15, -0.1) is 0 Å². The van der Waals surface area contributed by atoms with Crippen LogP contribution in [-0.2, 0) is 20.7 Å². The first-order chi connectivity index (χ1) is 19.6. The number of nitrogens with one attached hydrogen (secondary N) is 1. The standard InChI is InChI=1S/C28H27F5N4O4/c1-16-8-18(2-3-20(16)29)36-27-19-9-17(24(41-14-28(31,32)33)11-22(19)34-15-35-27)10-23(38)21(30)4-5-37-12-25-26(13-37)40-7-6-39-25/h2-4,8-9,11,15,25-26H,5-7,10,12-14H2,1H3,(H,34,35,36)/b21-4+/t25-,26-/m0/s1. The molecule has 8 nitrogen and oxygen atoms in total. The van der Waals surface area contributed by atoms with Crippen LogP contribution in [0.3, 0.4) is 0 Å². The first-order valence-corrected chi connectivity index (χ1v) is 12.9. The third-order valence-electron chi connectivity index (χ3n) is 6.81. The Balaban J connectivity index is 1.38. The van der Waals surface area contributed by atoms with Crippen molar-refractivity contribution in [2.75, 3.05) is 44.8 Å². The van der Waals surface area contributed by atoms with Gasteiger partial charge in [0.1, 0.15) is 23.7 Å². The second-order valence-electron chi connectivity index (χ2n) is 9.88. The maximum Gasteiger partial charge on any atom is 0.422 e. The molecule has 0 bridgehead atoms. The monoisotopic (exact) mass is 578 g/mol. The minimum atomic E-state index is -4.64. The van der Waals surface area contributed by atoms with Crippen molar-refractivity contribution in [3.63, 3.8) is 0 Å². The van der Waals surface area contributed by atoms with Gasteiger partial charge in [0.15, 0.2) is 18.2 Å². The number of alkyl halides is 3. The van der Waals surface area contributed by atoms with Crippen molar-refractivity contribution >= 4 is 28.2 Å². The number of halogens is 5. The van der Waals surface area contributed by atoms with E-state index in [-0.39, 0.29) is 41.4 Å². The molecule has 0 spiro atoms. The fraction of sp³-hybridized carbons (Fsp3) is 0.393. The number of ether oxygens (including phenoxy) is 3. The van der Waals surface area contributed by atoms with E-state index in [2.05, 4.69) is 15.3 Å². The van der Waals surface area contributed by atoms with Gasteiger partial charge in [-0.1, -0.05) is 0 Å². The average molecular weight is 579 g/mol. The van der Waals surface area contributed by atoms with Crippen LogP contribution in [0.15, 0.2) is 48.6 Å². The van der Waals surface area contributed by atoms with Crippen LogP contribution in [0.1, 0.15) is 11.1 Å². The number of anilines is 2. The minimum absolute atomic E-state index is 0.0254. The molecule has 0 amide bonds. The Morgan fingerprint density at radius 3 is 2.56 bits per heavy atom. The Morgan fingerprint density at radius 1 is 1.15 bits per heavy atom. The minimum Gasteiger partial charge on any atom is -0.484 e. The Kier molecular flexibility index (Phi) is 8.47. The zero-order valence-corrected chi connectivity index (χ0v) is 22.0. The van der Waals surface area contributed by atoms with Gasteiger partial charge in [-0.25, -0.2) is 18.7 Å². The molecule has 2 saturated heterocycles. The number of likely N-dealkylation sites (tertiary alicyclic amines) is 1. The van der Waals surface area contributed by atoms with E-state index in [1.165, 1.54) is 30.6 Å². The Hall–Kier alpha value is -3.68. The lowest BCUT2D eigenvalue weighted by Crippen LogP contribution is -2.36. The maximum atomic E-state index is 14.9. The highest BCUT2D eigenvalue weighted by Gasteiger charge is 2.36. The van der Waals surface area contributed by atoms with Crippen molar-refractivity contribution in [2.45, 2.75) is 31.7 Å². The topological polar surface area (TPSA) is 85.8 Å². The number of nitrogens with zero attached hydrogens (tertiary/aromatic N) is 3. The lowest BCUT2D eigenvalue weighted by molar-refractivity contribution is -0.153. The molecule has 2 fully saturated rings. The summed E-state index contributed by atoms with van der Waals surface area (Å²) in [5.41, 5.74) is 1.14. The molecule has 2 aliphatic rings. The Morgan fingerprint density at radius 2 is 1.88 bits per heavy atom. The molecule has 2 atom stereocenters. The zero-order chi connectivity index (χ0) is 29.1. The lowest BCUT2D eigenvalue weighted by atomic mass is 10.0. The predicted octanol–water partition coefficient (Wildman–Crippen LogP) is 4.83. The predicted molar refractivity (Wildman–Crippen MR) is 139 cm³/mol. The molecule has 218 valence electrons. The molecule has 5 rings (SSSR count). The summed E-state index contributed by atoms with van der Waals surface area (Å²) in [7, 11) is 0. The summed E-state index contributed by atoms with van der Waals surface area (Å²) < 4.78 is 83.8. The van der Waals surface area contributed by atoms with E-state index in [4.69, 9.17) is 14.2 Å². The molecule has 2 aromatic carbocycles. The van der Waals surface area contributed by atoms with Crippen molar-refractivity contribution in [1.29, 1.82) is 0 Å². The van der Waals surface area contributed by atoms with E-state index in [0.29, 0.717) is 42.9 Å². The van der Waals surface area contributed by atoms with Crippen LogP contribution in [-0.4, -0.2) is 78.5 Å². The summed E-state index contributed by atoms with van der Waals surface area (Å²) in [4.78, 5) is 23.0. The Bertz CT molecular complexity index is 1450. The number of hydrogen-bond donors (Lipinski definition) is 1. The van der Waals surface area contributed by atoms with Gasteiger partial charge in [-0.2, -0.15) is 13.2 Å². The number of Topliss-reactive ketones (excluding diaryl/α,β-unsaturated/α-hetero) is 1. The number of hydrogen-bond acceptors (Lipinski definition) is 8. The summed E-state index contributed by atoms with van der Waals surface area (Å²) >= 11 is 0. The highest BCUT2D eigenvalue weighted by Crippen LogP contribution is 2.32. The Labute approximate surface area is 232 Å².